The number of amides is 1. The lowest BCUT2D eigenvalue weighted by molar-refractivity contribution is -0.121. The van der Waals surface area contributed by atoms with E-state index in [1.54, 1.807) is 6.07 Å². The van der Waals surface area contributed by atoms with E-state index in [1.165, 1.54) is 0 Å². The highest BCUT2D eigenvalue weighted by molar-refractivity contribution is 6.31. The molecule has 6 nitrogen and oxygen atoms in total. The van der Waals surface area contributed by atoms with Gasteiger partial charge in [-0.2, -0.15) is 4.98 Å². The monoisotopic (exact) mass is 396 g/mol. The molecule has 0 spiro atoms. The summed E-state index contributed by atoms with van der Waals surface area (Å²) in [6.45, 7) is 2.25. The van der Waals surface area contributed by atoms with Crippen molar-refractivity contribution in [3.05, 3.63) is 71.0 Å². The minimum atomic E-state index is -0.00845. The van der Waals surface area contributed by atoms with Gasteiger partial charge in [0.2, 0.25) is 5.91 Å². The number of rotatable bonds is 6. The summed E-state index contributed by atoms with van der Waals surface area (Å²) in [6, 6.07) is 17.3. The van der Waals surface area contributed by atoms with Gasteiger partial charge in [0, 0.05) is 29.7 Å². The molecule has 0 unspecified atom stereocenters. The minimum absolute atomic E-state index is 0.00845. The third-order valence-electron chi connectivity index (χ3n) is 4.80. The van der Waals surface area contributed by atoms with Crippen LogP contribution >= 0.6 is 11.6 Å². The molecular formula is C21H21ClN4O2. The molecule has 2 heterocycles. The molecule has 1 fully saturated rings. The summed E-state index contributed by atoms with van der Waals surface area (Å²) in [5, 5.41) is 7.80. The van der Waals surface area contributed by atoms with E-state index in [9.17, 15) is 4.79 Å². The third-order valence-corrected chi connectivity index (χ3v) is 5.17. The number of nitrogens with zero attached hydrogens (tertiary/aromatic N) is 3. The fourth-order valence-electron chi connectivity index (χ4n) is 3.40. The highest BCUT2D eigenvalue weighted by atomic mass is 35.5. The van der Waals surface area contributed by atoms with Crippen LogP contribution in [0.4, 0.5) is 0 Å². The van der Waals surface area contributed by atoms with Crippen molar-refractivity contribution in [3.63, 3.8) is 0 Å². The van der Waals surface area contributed by atoms with Crippen LogP contribution in [0.3, 0.4) is 0 Å². The second-order valence-electron chi connectivity index (χ2n) is 6.94. The zero-order valence-electron chi connectivity index (χ0n) is 15.3. The summed E-state index contributed by atoms with van der Waals surface area (Å²) >= 11 is 6.13. The van der Waals surface area contributed by atoms with Crippen molar-refractivity contribution in [1.29, 1.82) is 0 Å². The number of carbonyl (C=O) groups is 1. The van der Waals surface area contributed by atoms with Crippen molar-refractivity contribution in [3.8, 4) is 11.5 Å². The number of halogens is 1. The van der Waals surface area contributed by atoms with E-state index in [0.29, 0.717) is 29.7 Å². The van der Waals surface area contributed by atoms with E-state index in [0.717, 1.165) is 30.6 Å². The van der Waals surface area contributed by atoms with Crippen LogP contribution in [0.2, 0.25) is 5.02 Å². The minimum Gasteiger partial charge on any atom is -0.352 e. The summed E-state index contributed by atoms with van der Waals surface area (Å²) in [6.07, 6.45) is 1.19. The first-order valence-corrected chi connectivity index (χ1v) is 9.68. The van der Waals surface area contributed by atoms with Gasteiger partial charge in [-0.1, -0.05) is 53.2 Å². The summed E-state index contributed by atoms with van der Waals surface area (Å²) in [4.78, 5) is 19.0. The lowest BCUT2D eigenvalue weighted by Crippen LogP contribution is -2.37. The van der Waals surface area contributed by atoms with E-state index in [4.69, 9.17) is 16.1 Å². The van der Waals surface area contributed by atoms with E-state index < -0.39 is 0 Å². The fraction of sp³-hybridized carbons (Fsp3) is 0.286. The first-order chi connectivity index (χ1) is 13.7. The van der Waals surface area contributed by atoms with Crippen LogP contribution in [0, 0.1) is 0 Å². The van der Waals surface area contributed by atoms with Gasteiger partial charge in [0.05, 0.1) is 13.0 Å². The van der Waals surface area contributed by atoms with E-state index in [1.807, 2.05) is 48.5 Å². The van der Waals surface area contributed by atoms with Crippen LogP contribution in [0.5, 0.6) is 0 Å². The Kier molecular flexibility index (Phi) is 5.69. The Bertz CT molecular complexity index is 944. The van der Waals surface area contributed by atoms with Crippen LogP contribution < -0.4 is 5.32 Å². The van der Waals surface area contributed by atoms with E-state index in [2.05, 4.69) is 20.4 Å². The van der Waals surface area contributed by atoms with Gasteiger partial charge in [0.25, 0.3) is 5.89 Å². The van der Waals surface area contributed by atoms with Crippen molar-refractivity contribution in [1.82, 2.24) is 20.4 Å². The number of carbonyl (C=O) groups excluding carboxylic acids is 1. The average molecular weight is 397 g/mol. The van der Waals surface area contributed by atoms with Crippen molar-refractivity contribution in [2.24, 2.45) is 0 Å². The van der Waals surface area contributed by atoms with Gasteiger partial charge < -0.3 is 9.84 Å². The average Bonchev–Trinajstić information content (AvgIpc) is 3.34. The maximum Gasteiger partial charge on any atom is 0.257 e. The van der Waals surface area contributed by atoms with Crippen molar-refractivity contribution < 1.29 is 9.32 Å². The zero-order chi connectivity index (χ0) is 19.3. The SMILES string of the molecule is O=C(Cc1ccccc1Cl)N[C@H]1CCN(Cc2noc(-c3ccccc3)n2)C1. The van der Waals surface area contributed by atoms with E-state index >= 15 is 0 Å². The molecule has 0 saturated carbocycles. The number of likely N-dealkylation sites (tertiary alicyclic amines) is 1. The summed E-state index contributed by atoms with van der Waals surface area (Å²) in [5.41, 5.74) is 1.75. The second-order valence-corrected chi connectivity index (χ2v) is 7.35. The topological polar surface area (TPSA) is 71.3 Å². The van der Waals surface area contributed by atoms with Gasteiger partial charge in [-0.3, -0.25) is 9.69 Å². The van der Waals surface area contributed by atoms with Gasteiger partial charge in [0.15, 0.2) is 5.82 Å². The molecule has 1 aliphatic rings. The number of benzene rings is 2. The molecule has 0 radical (unpaired) electrons. The predicted octanol–water partition coefficient (Wildman–Crippen LogP) is 3.32. The smallest absolute Gasteiger partial charge is 0.257 e. The highest BCUT2D eigenvalue weighted by Crippen LogP contribution is 2.19. The number of hydrogen-bond acceptors (Lipinski definition) is 5. The number of hydrogen-bond donors (Lipinski definition) is 1. The lowest BCUT2D eigenvalue weighted by atomic mass is 10.1. The largest absolute Gasteiger partial charge is 0.352 e. The molecule has 2 aromatic carbocycles. The highest BCUT2D eigenvalue weighted by Gasteiger charge is 2.25. The molecule has 0 aliphatic carbocycles. The molecule has 1 aliphatic heterocycles. The molecule has 1 amide bonds. The molecule has 4 rings (SSSR count). The van der Waals surface area contributed by atoms with Crippen LogP contribution in [0.25, 0.3) is 11.5 Å². The van der Waals surface area contributed by atoms with Gasteiger partial charge >= 0.3 is 0 Å². The lowest BCUT2D eigenvalue weighted by Gasteiger charge is -2.15. The van der Waals surface area contributed by atoms with Crippen molar-refractivity contribution >= 4 is 17.5 Å². The van der Waals surface area contributed by atoms with Gasteiger partial charge in [-0.25, -0.2) is 0 Å². The van der Waals surface area contributed by atoms with Crippen LogP contribution in [0.1, 0.15) is 17.8 Å². The van der Waals surface area contributed by atoms with Crippen LogP contribution in [-0.2, 0) is 17.8 Å². The fourth-order valence-corrected chi connectivity index (χ4v) is 3.61. The molecule has 144 valence electrons. The maximum absolute atomic E-state index is 12.3. The van der Waals surface area contributed by atoms with Crippen molar-refractivity contribution in [2.75, 3.05) is 13.1 Å². The summed E-state index contributed by atoms with van der Waals surface area (Å²) in [7, 11) is 0. The molecule has 3 aromatic rings. The molecule has 1 aromatic heterocycles. The second kappa shape index (κ2) is 8.54. The third kappa shape index (κ3) is 4.58. The molecule has 1 saturated heterocycles. The van der Waals surface area contributed by atoms with Gasteiger partial charge in [-0.15, -0.1) is 0 Å². The summed E-state index contributed by atoms with van der Waals surface area (Å²) < 4.78 is 5.36. The molecule has 7 heteroatoms. The van der Waals surface area contributed by atoms with Crippen LogP contribution in [0.15, 0.2) is 59.1 Å². The Morgan fingerprint density at radius 3 is 2.79 bits per heavy atom. The first-order valence-electron chi connectivity index (χ1n) is 9.30. The van der Waals surface area contributed by atoms with Crippen LogP contribution in [-0.4, -0.2) is 40.1 Å². The number of aromatic nitrogens is 2. The standard InChI is InChI=1S/C21H21ClN4O2/c22-18-9-5-4-8-16(18)12-20(27)23-17-10-11-26(13-17)14-19-24-21(28-25-19)15-6-2-1-3-7-15/h1-9,17H,10-14H2,(H,23,27)/t17-/m0/s1. The molecule has 0 bridgehead atoms. The normalized spacial score (nSPS) is 17.0. The predicted molar refractivity (Wildman–Crippen MR) is 107 cm³/mol. The first kappa shape index (κ1) is 18.7. The maximum atomic E-state index is 12.3. The molecule has 1 N–H and O–H groups in total. The Morgan fingerprint density at radius 2 is 1.96 bits per heavy atom. The Hall–Kier alpha value is -2.70. The van der Waals surface area contributed by atoms with Crippen molar-refractivity contribution in [2.45, 2.75) is 25.4 Å². The van der Waals surface area contributed by atoms with E-state index in [-0.39, 0.29) is 11.9 Å². The Labute approximate surface area is 168 Å². The summed E-state index contributed by atoms with van der Waals surface area (Å²) in [5.74, 6) is 1.17. The quantitative estimate of drug-likeness (QED) is 0.692. The molecule has 1 atom stereocenters. The molecule has 28 heavy (non-hydrogen) atoms. The Balaban J connectivity index is 1.28. The Morgan fingerprint density at radius 1 is 1.18 bits per heavy atom. The van der Waals surface area contributed by atoms with Gasteiger partial charge in [0.1, 0.15) is 0 Å². The zero-order valence-corrected chi connectivity index (χ0v) is 16.1. The molecular weight excluding hydrogens is 376 g/mol. The number of nitrogens with one attached hydrogen (secondary N) is 1. The van der Waals surface area contributed by atoms with Gasteiger partial charge in [-0.05, 0) is 30.2 Å².